The number of ether oxygens (including phenoxy) is 8. The number of amides is 8. The molecule has 7 heterocycles. The van der Waals surface area contributed by atoms with E-state index in [1.165, 1.54) is 76.5 Å². The number of methoxy groups -OCH3 is 1. The van der Waals surface area contributed by atoms with Crippen molar-refractivity contribution in [1.29, 1.82) is 0 Å². The van der Waals surface area contributed by atoms with Crippen molar-refractivity contribution in [3.63, 3.8) is 0 Å². The molecule has 0 aliphatic carbocycles. The highest BCUT2D eigenvalue weighted by atomic mass is 16.7. The summed E-state index contributed by atoms with van der Waals surface area (Å²) >= 11 is 0. The number of carboxylic acids is 1. The summed E-state index contributed by atoms with van der Waals surface area (Å²) in [5.74, 6) is -15.4. The largest absolute Gasteiger partial charge is 0.508 e. The lowest BCUT2D eigenvalue weighted by atomic mass is 9.86. The molecule has 2 unspecified atom stereocenters. The van der Waals surface area contributed by atoms with E-state index in [-0.39, 0.29) is 53.6 Å². The number of hydrogen-bond acceptors (Lipinski definition) is 27. The molecule has 592 valence electrons. The van der Waals surface area contributed by atoms with Crippen molar-refractivity contribution in [3.05, 3.63) is 149 Å². The Morgan fingerprint density at radius 1 is 0.703 bits per heavy atom. The highest BCUT2D eigenvalue weighted by Gasteiger charge is 2.49. The maximum absolute atomic E-state index is 16.2. The molecule has 18 atom stereocenters. The molecule has 0 spiro atoms. The van der Waals surface area contributed by atoms with Crippen LogP contribution in [0.4, 0.5) is 4.79 Å². The van der Waals surface area contributed by atoms with Crippen molar-refractivity contribution in [1.82, 2.24) is 36.8 Å². The third kappa shape index (κ3) is 17.7. The highest BCUT2D eigenvalue weighted by Crippen LogP contribution is 2.48. The number of aromatic hydroxyl groups is 3. The molecule has 7 aliphatic heterocycles. The fourth-order valence-electron chi connectivity index (χ4n) is 13.6. The molecule has 2 saturated heterocycles. The number of nitrogens with two attached hydrogens (primary N) is 2. The predicted molar refractivity (Wildman–Crippen MR) is 381 cm³/mol. The zero-order chi connectivity index (χ0) is 80.4. The Bertz CT molecular complexity index is 4510. The average Bonchev–Trinajstić information content (AvgIpc) is 0.767. The molecule has 36 nitrogen and oxygen atoms in total. The van der Waals surface area contributed by atoms with Gasteiger partial charge in [-0.25, -0.2) is 9.59 Å². The number of aliphatic carboxylic acids is 1. The van der Waals surface area contributed by atoms with Gasteiger partial charge in [0.25, 0.3) is 0 Å². The van der Waals surface area contributed by atoms with E-state index in [1.54, 1.807) is 38.1 Å². The van der Waals surface area contributed by atoms with Gasteiger partial charge in [-0.3, -0.25) is 38.5 Å². The smallest absolute Gasteiger partial charge is 0.410 e. The van der Waals surface area contributed by atoms with E-state index in [4.69, 9.17) is 49.4 Å². The summed E-state index contributed by atoms with van der Waals surface area (Å²) in [7, 11) is 2.74. The molecular formula is C75H85N9O27. The third-order valence-electron chi connectivity index (χ3n) is 19.5. The molecule has 13 rings (SSSR count). The number of nitrogens with one attached hydrogen (secondary N) is 6. The second-order valence-electron chi connectivity index (χ2n) is 28.2. The van der Waals surface area contributed by atoms with Crippen molar-refractivity contribution in [2.45, 2.75) is 163 Å². The Kier molecular flexibility index (Phi) is 24.2. The Morgan fingerprint density at radius 2 is 1.32 bits per heavy atom. The normalized spacial score (nSPS) is 27.7. The number of likely N-dealkylation sites (N-methyl/N-ethyl adjacent to an activating group) is 1. The van der Waals surface area contributed by atoms with Gasteiger partial charge in [0.1, 0.15) is 114 Å². The van der Waals surface area contributed by atoms with E-state index in [0.717, 1.165) is 47.4 Å². The number of rotatable bonds is 16. The van der Waals surface area contributed by atoms with E-state index in [0.29, 0.717) is 11.3 Å². The number of phenolic OH excluding ortho intramolecular Hbond substituents is 3. The van der Waals surface area contributed by atoms with E-state index in [9.17, 15) is 70.2 Å². The summed E-state index contributed by atoms with van der Waals surface area (Å²) in [5.41, 5.74) is 9.01. The number of carbonyl (C=O) groups excluding carboxylic acids is 8. The van der Waals surface area contributed by atoms with Gasteiger partial charge in [-0.1, -0.05) is 56.3 Å². The molecule has 20 N–H and O–H groups in total. The highest BCUT2D eigenvalue weighted by molar-refractivity contribution is 6.00. The van der Waals surface area contributed by atoms with E-state index < -0.39 is 232 Å². The lowest BCUT2D eigenvalue weighted by Gasteiger charge is -2.44. The molecule has 0 aromatic heterocycles. The van der Waals surface area contributed by atoms with Gasteiger partial charge in [-0.2, -0.15) is 0 Å². The molecule has 0 radical (unpaired) electrons. The maximum atomic E-state index is 16.2. The van der Waals surface area contributed by atoms with Crippen molar-refractivity contribution in [2.24, 2.45) is 17.4 Å². The number of aliphatic hydroxyl groups excluding tert-OH is 6. The first-order chi connectivity index (χ1) is 52.6. The summed E-state index contributed by atoms with van der Waals surface area (Å²) in [6, 6.07) is 8.78. The molecule has 111 heavy (non-hydrogen) atoms. The molecule has 36 heteroatoms. The van der Waals surface area contributed by atoms with E-state index in [1.807, 2.05) is 0 Å². The minimum absolute atomic E-state index is 0.0356. The fraction of sp³-hybridized carbons (Fsp3) is 0.400. The Labute approximate surface area is 632 Å². The second-order valence-corrected chi connectivity index (χ2v) is 28.2. The van der Waals surface area contributed by atoms with Crippen molar-refractivity contribution >= 4 is 53.4 Å². The van der Waals surface area contributed by atoms with Crippen LogP contribution in [0.15, 0.2) is 115 Å². The molecule has 8 amide bonds. The maximum Gasteiger partial charge on any atom is 0.410 e. The number of carbonyl (C=O) groups is 9. The quantitative estimate of drug-likeness (QED) is 0.0639. The Hall–Kier alpha value is -11.5. The summed E-state index contributed by atoms with van der Waals surface area (Å²) in [4.78, 5) is 135. The molecule has 6 aromatic rings. The number of benzene rings is 6. The summed E-state index contributed by atoms with van der Waals surface area (Å²) in [6.45, 7) is 5.23. The van der Waals surface area contributed by atoms with Crippen LogP contribution >= 0.6 is 0 Å². The van der Waals surface area contributed by atoms with Crippen LogP contribution in [-0.4, -0.2) is 209 Å². The minimum Gasteiger partial charge on any atom is -0.508 e. The van der Waals surface area contributed by atoms with Crippen LogP contribution in [0, 0.1) is 5.92 Å². The molecular weight excluding hydrogens is 1460 g/mol. The number of phenols is 3. The fourth-order valence-corrected chi connectivity index (χ4v) is 13.6. The number of carboxylic acid groups (broad SMARTS) is 1. The van der Waals surface area contributed by atoms with Gasteiger partial charge in [0.2, 0.25) is 53.4 Å². The molecule has 6 aromatic carbocycles. The number of primary amides is 1. The van der Waals surface area contributed by atoms with Crippen LogP contribution in [0.2, 0.25) is 0 Å². The van der Waals surface area contributed by atoms with Crippen LogP contribution in [0.1, 0.15) is 111 Å². The summed E-state index contributed by atoms with van der Waals surface area (Å²) in [6.07, 6.45) is -20.1. The summed E-state index contributed by atoms with van der Waals surface area (Å²) in [5, 5.41) is 128. The lowest BCUT2D eigenvalue weighted by molar-refractivity contribution is -0.277. The van der Waals surface area contributed by atoms with Gasteiger partial charge in [-0.05, 0) is 121 Å². The summed E-state index contributed by atoms with van der Waals surface area (Å²) < 4.78 is 49.0. The standard InChI is InChI=1S/C75H85N9O27/c1-31(2)21-45(84(5)74(103)105-30-33-7-14-39(104-6)15-8-33)67(96)82-57-59(90)34-9-16-40(17-10-34)107-48-23-37-24-49(64(48)111-73-62(93)61(92)60(91)50(29-85)109-73)108-41-18-11-35(12-19-41)63(110-52-28-75(4,77)65(94)32(3)106-52)58-71(100)81-56(72(101)102)43-25-38(86)26-47(88)53(43)42-22-36(13-20-46(42)87)54(68(97)83-58)80-69(98)55(37)79-66(95)44(27-51(76)89)78-70(57)99/h7-20,22-26,31-32,44-45,50,52,54-63,65,73,85-88,90-94H,21,27-30,77H2,1-6H3,(H2,76,89)(H,78,99)(H,79,95)(H,80,98)(H,81,100)(H,82,96)(H,83,97)(H,101,102)/t32-,44-,45+,50+,52?,54?,55+,56+,57+,58-,59+,60+,61-,62+,63+,65-,73-,75-/m0/s1. The Morgan fingerprint density at radius 3 is 1.92 bits per heavy atom. The monoisotopic (exact) mass is 1540 g/mol. The van der Waals surface area contributed by atoms with Gasteiger partial charge < -0.3 is 132 Å². The van der Waals surface area contributed by atoms with Gasteiger partial charge in [0, 0.05) is 41.8 Å². The average molecular weight is 1540 g/mol. The van der Waals surface area contributed by atoms with E-state index >= 15 is 24.0 Å². The SMILES string of the molecule is COc1ccc(COC(=O)N(C)[C@H](CC(C)C)C(=O)N[C@H]2C(=O)N[C@@H](CC(N)=O)C(=O)N[C@H]3C(=O)NC4C(=O)N[C@H](C(=O)N[C@@H](C(=O)O)c5cc(O)cc(O)c5-c5cc4ccc5O)[C@H](OC4C[C@](C)(N)[C@@H](O)[C@H](C)O4)c4ccc(cc4)Oc4cc3cc(c4O[C@@H]3O[C@H](CO)[C@@H](O)[C@H](O)[C@H]3O)Oc3ccc(cc3)[C@H]2O)cc1. The first-order valence-electron chi connectivity index (χ1n) is 35.0. The minimum atomic E-state index is -2.34. The number of fused-ring (bicyclic) bond motifs is 15. The topological polar surface area (TPSA) is 557 Å². The van der Waals surface area contributed by atoms with Crippen LogP contribution in [0.25, 0.3) is 11.1 Å². The predicted octanol–water partition coefficient (Wildman–Crippen LogP) is 0.857. The van der Waals surface area contributed by atoms with Crippen LogP contribution in [0.3, 0.4) is 0 Å². The van der Waals surface area contributed by atoms with E-state index in [2.05, 4.69) is 31.9 Å². The Balaban J connectivity index is 1.10. The lowest BCUT2D eigenvalue weighted by Crippen LogP contribution is -2.61. The third-order valence-corrected chi connectivity index (χ3v) is 19.5. The van der Waals surface area contributed by atoms with Gasteiger partial charge in [-0.15, -0.1) is 0 Å². The van der Waals surface area contributed by atoms with Crippen molar-refractivity contribution < 1.29 is 132 Å². The van der Waals surface area contributed by atoms with Crippen LogP contribution in [-0.2, 0) is 63.9 Å². The van der Waals surface area contributed by atoms with Crippen LogP contribution in [0.5, 0.6) is 51.7 Å². The zero-order valence-corrected chi connectivity index (χ0v) is 60.4. The molecule has 7 aliphatic rings. The van der Waals surface area contributed by atoms with Crippen molar-refractivity contribution in [3.8, 4) is 62.9 Å². The van der Waals surface area contributed by atoms with Crippen LogP contribution < -0.4 is 62.3 Å². The second kappa shape index (κ2) is 33.4. The number of aliphatic hydroxyl groups is 6. The first kappa shape index (κ1) is 80.6. The molecule has 11 bridgehead atoms. The molecule has 2 fully saturated rings. The van der Waals surface area contributed by atoms with Gasteiger partial charge >= 0.3 is 12.1 Å². The van der Waals surface area contributed by atoms with Gasteiger partial charge in [0.05, 0.1) is 32.3 Å². The zero-order valence-electron chi connectivity index (χ0n) is 60.4. The van der Waals surface area contributed by atoms with Gasteiger partial charge in [0.15, 0.2) is 23.8 Å². The molecule has 0 saturated carbocycles. The number of hydrogen-bond donors (Lipinski definition) is 18. The van der Waals surface area contributed by atoms with Crippen molar-refractivity contribution in [2.75, 3.05) is 20.8 Å². The first-order valence-corrected chi connectivity index (χ1v) is 35.0. The number of nitrogens with zero attached hydrogens (tertiary/aromatic N) is 1.